The first-order chi connectivity index (χ1) is 8.35. The standard InChI is InChI=1S/C11H16Br2O5/c1-4-18-6-5-9(12)7(14)8(15)10(6,13)11(9,16-2)17-3/h6,8,15H,4-5H2,1-3H3/t6-,8+,9+,10-/m0/s1. The molecule has 2 fully saturated rings. The molecule has 5 nitrogen and oxygen atoms in total. The summed E-state index contributed by atoms with van der Waals surface area (Å²) in [5, 5.41) is 10.2. The van der Waals surface area contributed by atoms with E-state index in [1.807, 2.05) is 6.92 Å². The van der Waals surface area contributed by atoms with Crippen LogP contribution in [0.15, 0.2) is 0 Å². The number of Topliss-reactive ketones (excluding diaryl/α,β-unsaturated/α-hetero) is 1. The van der Waals surface area contributed by atoms with Crippen LogP contribution >= 0.6 is 31.9 Å². The summed E-state index contributed by atoms with van der Waals surface area (Å²) < 4.78 is 14.4. The predicted molar refractivity (Wildman–Crippen MR) is 71.1 cm³/mol. The molecule has 0 heterocycles. The van der Waals surface area contributed by atoms with Crippen LogP contribution in [0.4, 0.5) is 0 Å². The van der Waals surface area contributed by atoms with Gasteiger partial charge in [0.2, 0.25) is 5.79 Å². The van der Waals surface area contributed by atoms with Crippen LogP contribution in [0, 0.1) is 0 Å². The molecule has 7 heteroatoms. The lowest BCUT2D eigenvalue weighted by molar-refractivity contribution is -0.225. The van der Waals surface area contributed by atoms with Gasteiger partial charge in [0.25, 0.3) is 0 Å². The quantitative estimate of drug-likeness (QED) is 0.575. The van der Waals surface area contributed by atoms with Crippen LogP contribution in [0.1, 0.15) is 13.3 Å². The van der Waals surface area contributed by atoms with E-state index in [1.54, 1.807) is 0 Å². The minimum absolute atomic E-state index is 0.348. The zero-order valence-corrected chi connectivity index (χ0v) is 13.6. The van der Waals surface area contributed by atoms with Crippen molar-refractivity contribution in [2.75, 3.05) is 20.8 Å². The molecule has 0 saturated heterocycles. The molecule has 0 amide bonds. The van der Waals surface area contributed by atoms with Crippen LogP contribution in [-0.4, -0.2) is 58.4 Å². The van der Waals surface area contributed by atoms with Crippen molar-refractivity contribution in [1.82, 2.24) is 0 Å². The summed E-state index contributed by atoms with van der Waals surface area (Å²) in [5.74, 6) is -1.64. The van der Waals surface area contributed by atoms with Crippen LogP contribution in [-0.2, 0) is 19.0 Å². The van der Waals surface area contributed by atoms with Crippen LogP contribution in [0.5, 0.6) is 0 Å². The van der Waals surface area contributed by atoms with Gasteiger partial charge in [-0.15, -0.1) is 0 Å². The van der Waals surface area contributed by atoms with Crippen molar-refractivity contribution in [3.05, 3.63) is 0 Å². The van der Waals surface area contributed by atoms with E-state index in [1.165, 1.54) is 14.2 Å². The lowest BCUT2D eigenvalue weighted by Gasteiger charge is -2.40. The van der Waals surface area contributed by atoms with Gasteiger partial charge in [-0.25, -0.2) is 0 Å². The molecule has 2 saturated carbocycles. The van der Waals surface area contributed by atoms with E-state index in [2.05, 4.69) is 31.9 Å². The number of carbonyl (C=O) groups is 1. The Kier molecular flexibility index (Phi) is 3.71. The van der Waals surface area contributed by atoms with E-state index in [-0.39, 0.29) is 11.9 Å². The molecular weight excluding hydrogens is 372 g/mol. The van der Waals surface area contributed by atoms with E-state index in [9.17, 15) is 9.90 Å². The van der Waals surface area contributed by atoms with Crippen molar-refractivity contribution in [2.24, 2.45) is 0 Å². The number of hydrogen-bond acceptors (Lipinski definition) is 5. The second-order valence-electron chi connectivity index (χ2n) is 4.51. The molecule has 0 spiro atoms. The number of aliphatic hydroxyl groups excluding tert-OH is 1. The monoisotopic (exact) mass is 386 g/mol. The minimum atomic E-state index is -1.30. The Balaban J connectivity index is 2.58. The Morgan fingerprint density at radius 2 is 1.94 bits per heavy atom. The van der Waals surface area contributed by atoms with Gasteiger partial charge in [0.1, 0.15) is 14.8 Å². The molecule has 0 aromatic heterocycles. The maximum absolute atomic E-state index is 12.2. The highest BCUT2D eigenvalue weighted by Gasteiger charge is 2.85. The molecule has 0 unspecified atom stereocenters. The maximum Gasteiger partial charge on any atom is 0.211 e. The number of ether oxygens (including phenoxy) is 3. The largest absolute Gasteiger partial charge is 0.383 e. The zero-order chi connectivity index (χ0) is 13.8. The van der Waals surface area contributed by atoms with Crippen molar-refractivity contribution < 1.29 is 24.1 Å². The van der Waals surface area contributed by atoms with Gasteiger partial charge >= 0.3 is 0 Å². The molecule has 4 atom stereocenters. The summed E-state index contributed by atoms with van der Waals surface area (Å²) in [7, 11) is 2.91. The number of alkyl halides is 2. The molecule has 0 aliphatic heterocycles. The Bertz CT molecular complexity index is 372. The highest BCUT2D eigenvalue weighted by Crippen LogP contribution is 2.66. The lowest BCUT2D eigenvalue weighted by atomic mass is 9.93. The molecule has 2 bridgehead atoms. The van der Waals surface area contributed by atoms with Crippen LogP contribution in [0.3, 0.4) is 0 Å². The molecule has 2 rings (SSSR count). The number of halogens is 2. The van der Waals surface area contributed by atoms with Crippen molar-refractivity contribution in [1.29, 1.82) is 0 Å². The average Bonchev–Trinajstić information content (AvgIpc) is 2.61. The van der Waals surface area contributed by atoms with E-state index in [4.69, 9.17) is 14.2 Å². The zero-order valence-electron chi connectivity index (χ0n) is 10.4. The van der Waals surface area contributed by atoms with Crippen LogP contribution < -0.4 is 0 Å². The molecule has 18 heavy (non-hydrogen) atoms. The van der Waals surface area contributed by atoms with Crippen LogP contribution in [0.25, 0.3) is 0 Å². The Hall–Kier alpha value is 0.470. The van der Waals surface area contributed by atoms with Gasteiger partial charge in [-0.2, -0.15) is 0 Å². The molecular formula is C11H16Br2O5. The third kappa shape index (κ3) is 1.33. The average molecular weight is 388 g/mol. The van der Waals surface area contributed by atoms with Gasteiger partial charge in [0, 0.05) is 27.2 Å². The minimum Gasteiger partial charge on any atom is -0.383 e. The molecule has 1 N–H and O–H groups in total. The summed E-state index contributed by atoms with van der Waals surface area (Å²) in [6.07, 6.45) is -1.25. The van der Waals surface area contributed by atoms with Crippen molar-refractivity contribution in [3.63, 3.8) is 0 Å². The first kappa shape index (κ1) is 14.9. The fourth-order valence-corrected chi connectivity index (χ4v) is 5.77. The smallest absolute Gasteiger partial charge is 0.211 e. The van der Waals surface area contributed by atoms with Gasteiger partial charge in [-0.3, -0.25) is 4.79 Å². The molecule has 0 aromatic carbocycles. The van der Waals surface area contributed by atoms with Gasteiger partial charge in [0.05, 0.1) is 6.10 Å². The molecule has 0 radical (unpaired) electrons. The summed E-state index contributed by atoms with van der Waals surface area (Å²) in [5.41, 5.74) is 0. The third-order valence-electron chi connectivity index (χ3n) is 3.94. The molecule has 104 valence electrons. The predicted octanol–water partition coefficient (Wildman–Crippen LogP) is 0.995. The van der Waals surface area contributed by atoms with Gasteiger partial charge < -0.3 is 19.3 Å². The van der Waals surface area contributed by atoms with E-state index in [0.29, 0.717) is 13.0 Å². The Morgan fingerprint density at radius 3 is 2.33 bits per heavy atom. The van der Waals surface area contributed by atoms with E-state index >= 15 is 0 Å². The number of rotatable bonds is 4. The molecule has 2 aliphatic rings. The number of fused-ring (bicyclic) bond motifs is 2. The summed E-state index contributed by atoms with van der Waals surface area (Å²) in [6, 6.07) is 0. The SMILES string of the molecule is CCO[C@H]1C[C@@]2(Br)C(=O)[C@@H](O)[C@]1(Br)C2(OC)OC. The second kappa shape index (κ2) is 4.49. The molecule has 2 aliphatic carbocycles. The first-order valence-corrected chi connectivity index (χ1v) is 7.26. The lowest BCUT2D eigenvalue weighted by Crippen LogP contribution is -2.59. The number of carbonyl (C=O) groups excluding carboxylic acids is 1. The van der Waals surface area contributed by atoms with Crippen LogP contribution in [0.2, 0.25) is 0 Å². The maximum atomic E-state index is 12.2. The summed E-state index contributed by atoms with van der Waals surface area (Å²) in [6.45, 7) is 2.34. The third-order valence-corrected chi connectivity index (χ3v) is 6.64. The number of ketones is 1. The van der Waals surface area contributed by atoms with Crippen molar-refractivity contribution in [3.8, 4) is 0 Å². The Morgan fingerprint density at radius 1 is 1.39 bits per heavy atom. The number of methoxy groups -OCH3 is 2. The fourth-order valence-electron chi connectivity index (χ4n) is 3.18. The van der Waals surface area contributed by atoms with Crippen molar-refractivity contribution in [2.45, 2.75) is 40.0 Å². The van der Waals surface area contributed by atoms with Gasteiger partial charge in [-0.1, -0.05) is 31.9 Å². The normalized spacial score (nSPS) is 45.8. The summed E-state index contributed by atoms with van der Waals surface area (Å²) in [4.78, 5) is 12.2. The second-order valence-corrected chi connectivity index (χ2v) is 7.17. The van der Waals surface area contributed by atoms with Gasteiger partial charge in [0.15, 0.2) is 5.78 Å². The number of aliphatic hydroxyl groups is 1. The van der Waals surface area contributed by atoms with E-state index in [0.717, 1.165) is 0 Å². The fraction of sp³-hybridized carbons (Fsp3) is 0.909. The molecule has 0 aromatic rings. The first-order valence-electron chi connectivity index (χ1n) is 5.67. The summed E-state index contributed by atoms with van der Waals surface area (Å²) >= 11 is 6.88. The van der Waals surface area contributed by atoms with Gasteiger partial charge in [-0.05, 0) is 6.92 Å². The highest BCUT2D eigenvalue weighted by molar-refractivity contribution is 9.11. The Labute approximate surface area is 122 Å². The highest BCUT2D eigenvalue weighted by atomic mass is 79.9. The van der Waals surface area contributed by atoms with Crippen molar-refractivity contribution >= 4 is 37.6 Å². The van der Waals surface area contributed by atoms with E-state index < -0.39 is 20.5 Å². The number of hydrogen-bond donors (Lipinski definition) is 1. The topological polar surface area (TPSA) is 65.0 Å².